The molecule has 1 N–H and O–H groups in total. The van der Waals surface area contributed by atoms with Crippen LogP contribution >= 0.6 is 0 Å². The molecule has 3 aliphatic carbocycles. The van der Waals surface area contributed by atoms with Crippen LogP contribution in [0.5, 0.6) is 0 Å². The Morgan fingerprint density at radius 3 is 2.00 bits per heavy atom. The molecule has 0 aromatic heterocycles. The Hall–Kier alpha value is -0.960. The van der Waals surface area contributed by atoms with E-state index in [-0.39, 0.29) is 41.7 Å². The fourth-order valence-electron chi connectivity index (χ4n) is 3.12. The van der Waals surface area contributed by atoms with Gasteiger partial charge in [-0.05, 0) is 0 Å². The number of carbonyl (C=O) groups is 2. The van der Waals surface area contributed by atoms with E-state index in [0.29, 0.717) is 0 Å². The van der Waals surface area contributed by atoms with Crippen LogP contribution in [0.15, 0.2) is 12.2 Å². The van der Waals surface area contributed by atoms with Crippen LogP contribution in [0.3, 0.4) is 0 Å². The Kier molecular flexibility index (Phi) is 1.20. The molecule has 0 amide bonds. The predicted molar refractivity (Wildman–Crippen MR) is 43.7 cm³/mol. The quantitative estimate of drug-likeness (QED) is 0.417. The van der Waals surface area contributed by atoms with E-state index >= 15 is 0 Å². The van der Waals surface area contributed by atoms with Gasteiger partial charge in [0.25, 0.3) is 0 Å². The molecule has 0 radical (unpaired) electrons. The van der Waals surface area contributed by atoms with E-state index < -0.39 is 6.10 Å². The van der Waals surface area contributed by atoms with Crippen molar-refractivity contribution in [3.05, 3.63) is 12.2 Å². The van der Waals surface area contributed by atoms with Gasteiger partial charge in [0.2, 0.25) is 0 Å². The number of rotatable bonds is 0. The molecule has 68 valence electrons. The molecule has 3 heteroatoms. The van der Waals surface area contributed by atoms with Gasteiger partial charge < -0.3 is 5.11 Å². The van der Waals surface area contributed by atoms with Gasteiger partial charge in [0.1, 0.15) is 11.6 Å². The lowest BCUT2D eigenvalue weighted by Gasteiger charge is -2.15. The summed E-state index contributed by atoms with van der Waals surface area (Å²) in [7, 11) is 0. The van der Waals surface area contributed by atoms with Gasteiger partial charge in [-0.15, -0.1) is 0 Å². The first kappa shape index (κ1) is 7.44. The van der Waals surface area contributed by atoms with E-state index in [4.69, 9.17) is 0 Å². The van der Waals surface area contributed by atoms with Crippen LogP contribution in [-0.2, 0) is 9.59 Å². The first-order valence-corrected chi connectivity index (χ1v) is 4.62. The third-order valence-electron chi connectivity index (χ3n) is 3.65. The minimum Gasteiger partial charge on any atom is -0.392 e. The van der Waals surface area contributed by atoms with Crippen LogP contribution in [0.1, 0.15) is 6.42 Å². The smallest absolute Gasteiger partial charge is 0.144 e. The Bertz CT molecular complexity index is 301. The molecule has 0 aromatic carbocycles. The summed E-state index contributed by atoms with van der Waals surface area (Å²) in [5.41, 5.74) is 0. The molecule has 0 heterocycles. The number of aliphatic hydroxyl groups excluding tert-OH is 1. The van der Waals surface area contributed by atoms with Crippen LogP contribution in [-0.4, -0.2) is 22.8 Å². The molecule has 0 aromatic rings. The number of fused-ring (bicyclic) bond motifs is 5. The summed E-state index contributed by atoms with van der Waals surface area (Å²) in [4.78, 5) is 22.9. The van der Waals surface area contributed by atoms with Crippen molar-refractivity contribution in [3.63, 3.8) is 0 Å². The molecule has 13 heavy (non-hydrogen) atoms. The van der Waals surface area contributed by atoms with Crippen molar-refractivity contribution in [2.45, 2.75) is 12.5 Å². The normalized spacial score (nSPS) is 51.9. The summed E-state index contributed by atoms with van der Waals surface area (Å²) < 4.78 is 0. The third-order valence-corrected chi connectivity index (χ3v) is 3.65. The minimum absolute atomic E-state index is 0.0332. The van der Waals surface area contributed by atoms with Crippen molar-refractivity contribution in [1.82, 2.24) is 0 Å². The number of Topliss-reactive ketones (excluding diaryl/α,β-unsaturated/α-hetero) is 2. The van der Waals surface area contributed by atoms with E-state index in [0.717, 1.165) is 0 Å². The Morgan fingerprint density at radius 1 is 1.08 bits per heavy atom. The van der Waals surface area contributed by atoms with E-state index in [1.807, 2.05) is 12.2 Å². The molecule has 2 bridgehead atoms. The summed E-state index contributed by atoms with van der Waals surface area (Å²) in [6, 6.07) is 0. The fraction of sp³-hybridized carbons (Fsp3) is 0.600. The Balaban J connectivity index is 2.09. The monoisotopic (exact) mass is 178 g/mol. The lowest BCUT2D eigenvalue weighted by Crippen LogP contribution is -2.21. The summed E-state index contributed by atoms with van der Waals surface area (Å²) in [6.45, 7) is 0. The van der Waals surface area contributed by atoms with E-state index in [2.05, 4.69) is 0 Å². The highest BCUT2D eigenvalue weighted by molar-refractivity contribution is 6.09. The molecule has 2 fully saturated rings. The summed E-state index contributed by atoms with van der Waals surface area (Å²) in [5, 5.41) is 9.70. The average Bonchev–Trinajstić information content (AvgIpc) is 2.67. The van der Waals surface area contributed by atoms with Crippen LogP contribution in [0.4, 0.5) is 0 Å². The van der Waals surface area contributed by atoms with Gasteiger partial charge >= 0.3 is 0 Å². The van der Waals surface area contributed by atoms with E-state index in [1.54, 1.807) is 0 Å². The second-order valence-corrected chi connectivity index (χ2v) is 4.19. The van der Waals surface area contributed by atoms with Crippen LogP contribution in [0, 0.1) is 23.7 Å². The van der Waals surface area contributed by atoms with Gasteiger partial charge in [-0.3, -0.25) is 9.59 Å². The maximum absolute atomic E-state index is 11.4. The number of aliphatic hydroxyl groups is 1. The molecule has 1 unspecified atom stereocenters. The molecule has 3 rings (SSSR count). The van der Waals surface area contributed by atoms with Gasteiger partial charge in [0.05, 0.1) is 12.5 Å². The number of carbonyl (C=O) groups excluding carboxylic acids is 2. The molecular formula is C10H10O3. The van der Waals surface area contributed by atoms with E-state index in [1.165, 1.54) is 0 Å². The van der Waals surface area contributed by atoms with Gasteiger partial charge in [-0.1, -0.05) is 12.2 Å². The van der Waals surface area contributed by atoms with Crippen LogP contribution in [0.2, 0.25) is 0 Å². The highest BCUT2D eigenvalue weighted by Gasteiger charge is 2.59. The van der Waals surface area contributed by atoms with Gasteiger partial charge in [-0.2, -0.15) is 0 Å². The van der Waals surface area contributed by atoms with Crippen molar-refractivity contribution in [2.24, 2.45) is 23.7 Å². The largest absolute Gasteiger partial charge is 0.392 e. The third kappa shape index (κ3) is 0.695. The highest BCUT2D eigenvalue weighted by Crippen LogP contribution is 2.52. The van der Waals surface area contributed by atoms with Crippen LogP contribution in [0.25, 0.3) is 0 Å². The first-order chi connectivity index (χ1) is 6.20. The van der Waals surface area contributed by atoms with Gasteiger partial charge in [-0.25, -0.2) is 0 Å². The second kappa shape index (κ2) is 2.10. The molecule has 0 saturated heterocycles. The molecule has 0 aliphatic heterocycles. The maximum atomic E-state index is 11.4. The summed E-state index contributed by atoms with van der Waals surface area (Å²) >= 11 is 0. The number of ketones is 2. The predicted octanol–water partition coefficient (Wildman–Crippen LogP) is -0.0626. The molecule has 3 aliphatic rings. The van der Waals surface area contributed by atoms with Crippen molar-refractivity contribution < 1.29 is 14.7 Å². The van der Waals surface area contributed by atoms with Gasteiger partial charge in [0.15, 0.2) is 0 Å². The van der Waals surface area contributed by atoms with Crippen molar-refractivity contribution in [3.8, 4) is 0 Å². The zero-order valence-corrected chi connectivity index (χ0v) is 7.01. The fourth-order valence-corrected chi connectivity index (χ4v) is 3.12. The number of hydrogen-bond donors (Lipinski definition) is 1. The molecule has 3 nitrogen and oxygen atoms in total. The highest BCUT2D eigenvalue weighted by atomic mass is 16.3. The molecule has 2 saturated carbocycles. The van der Waals surface area contributed by atoms with Crippen molar-refractivity contribution >= 4 is 11.6 Å². The van der Waals surface area contributed by atoms with Crippen LogP contribution < -0.4 is 0 Å². The topological polar surface area (TPSA) is 54.4 Å². The van der Waals surface area contributed by atoms with Crippen molar-refractivity contribution in [1.29, 1.82) is 0 Å². The first-order valence-electron chi connectivity index (χ1n) is 4.62. The van der Waals surface area contributed by atoms with Crippen molar-refractivity contribution in [2.75, 3.05) is 0 Å². The second-order valence-electron chi connectivity index (χ2n) is 4.19. The standard InChI is InChI=1S/C10H10O3/c11-6-3-7(12)9-5-2-1-4(8(6)9)10(5)13/h1-2,4-5,8-10,13H,3H2/t4-,5+,8-,9+,10?. The van der Waals surface area contributed by atoms with Gasteiger partial charge in [0, 0.05) is 23.7 Å². The molecule has 0 spiro atoms. The average molecular weight is 178 g/mol. The zero-order chi connectivity index (χ0) is 9.16. The number of hydrogen-bond acceptors (Lipinski definition) is 3. The van der Waals surface area contributed by atoms with E-state index in [9.17, 15) is 14.7 Å². The zero-order valence-electron chi connectivity index (χ0n) is 7.01. The molecule has 5 atom stereocenters. The SMILES string of the molecule is O=C1CC(=O)[C@H]2[C@@H]1[C@H]1C=C[C@@H]2C1O. The summed E-state index contributed by atoms with van der Waals surface area (Å²) in [5.74, 6) is -0.477. The maximum Gasteiger partial charge on any atom is 0.144 e. The Labute approximate surface area is 75.4 Å². The molecular weight excluding hydrogens is 168 g/mol. The Morgan fingerprint density at radius 2 is 1.54 bits per heavy atom. The summed E-state index contributed by atoms with van der Waals surface area (Å²) in [6.07, 6.45) is 3.40. The lowest BCUT2D eigenvalue weighted by molar-refractivity contribution is -0.124. The lowest BCUT2D eigenvalue weighted by atomic mass is 9.85. The minimum atomic E-state index is -0.483.